The minimum Gasteiger partial charge on any atom is -0.469 e. The molecule has 0 bridgehead atoms. The SMILES string of the molecule is COC(=O)C1CC(=O)N(c2cc3ccccc3cn2)C1. The van der Waals surface area contributed by atoms with Crippen molar-refractivity contribution in [1.29, 1.82) is 0 Å². The van der Waals surface area contributed by atoms with Gasteiger partial charge in [0.15, 0.2) is 0 Å². The molecule has 1 saturated heterocycles. The van der Waals surface area contributed by atoms with Crippen LogP contribution in [0.2, 0.25) is 0 Å². The summed E-state index contributed by atoms with van der Waals surface area (Å²) in [6.45, 7) is 0.330. The molecule has 0 spiro atoms. The number of aromatic nitrogens is 1. The van der Waals surface area contributed by atoms with E-state index in [2.05, 4.69) is 4.98 Å². The minimum absolute atomic E-state index is 0.0943. The van der Waals surface area contributed by atoms with E-state index in [1.807, 2.05) is 30.3 Å². The van der Waals surface area contributed by atoms with Crippen LogP contribution in [0.5, 0.6) is 0 Å². The van der Waals surface area contributed by atoms with Crippen LogP contribution in [0.15, 0.2) is 36.5 Å². The first-order valence-corrected chi connectivity index (χ1v) is 6.42. The maximum Gasteiger partial charge on any atom is 0.311 e. The molecule has 2 aromatic rings. The number of esters is 1. The lowest BCUT2D eigenvalue weighted by Crippen LogP contribution is -2.26. The smallest absolute Gasteiger partial charge is 0.311 e. The average Bonchev–Trinajstić information content (AvgIpc) is 2.88. The van der Waals surface area contributed by atoms with Crippen LogP contribution in [0.1, 0.15) is 6.42 Å². The van der Waals surface area contributed by atoms with Gasteiger partial charge in [0.1, 0.15) is 5.82 Å². The number of pyridine rings is 1. The second kappa shape index (κ2) is 4.92. The summed E-state index contributed by atoms with van der Waals surface area (Å²) in [5, 5.41) is 2.04. The highest BCUT2D eigenvalue weighted by molar-refractivity contribution is 6.00. The number of carbonyl (C=O) groups excluding carboxylic acids is 2. The number of hydrogen-bond donors (Lipinski definition) is 0. The molecule has 0 radical (unpaired) electrons. The highest BCUT2D eigenvalue weighted by Crippen LogP contribution is 2.26. The van der Waals surface area contributed by atoms with Crippen LogP contribution < -0.4 is 4.90 Å². The summed E-state index contributed by atoms with van der Waals surface area (Å²) in [4.78, 5) is 29.4. The number of rotatable bonds is 2. The molecule has 1 amide bonds. The summed E-state index contributed by atoms with van der Waals surface area (Å²) < 4.78 is 4.70. The van der Waals surface area contributed by atoms with Gasteiger partial charge in [0.2, 0.25) is 5.91 Å². The molecular weight excluding hydrogens is 256 g/mol. The first-order chi connectivity index (χ1) is 9.69. The molecule has 1 fully saturated rings. The molecule has 1 aliphatic heterocycles. The van der Waals surface area contributed by atoms with E-state index in [1.54, 1.807) is 11.1 Å². The van der Waals surface area contributed by atoms with E-state index in [1.165, 1.54) is 7.11 Å². The molecule has 2 heterocycles. The summed E-state index contributed by atoms with van der Waals surface area (Å²) in [6.07, 6.45) is 1.92. The van der Waals surface area contributed by atoms with E-state index in [-0.39, 0.29) is 18.3 Å². The molecule has 20 heavy (non-hydrogen) atoms. The molecule has 1 aromatic heterocycles. The molecule has 0 saturated carbocycles. The van der Waals surface area contributed by atoms with Gasteiger partial charge in [-0.1, -0.05) is 24.3 Å². The maximum atomic E-state index is 12.0. The number of benzene rings is 1. The predicted octanol–water partition coefficient (Wildman–Crippen LogP) is 1.76. The summed E-state index contributed by atoms with van der Waals surface area (Å²) in [5.41, 5.74) is 0. The lowest BCUT2D eigenvalue weighted by atomic mass is 10.1. The summed E-state index contributed by atoms with van der Waals surface area (Å²) in [7, 11) is 1.34. The number of fused-ring (bicyclic) bond motifs is 1. The molecular formula is C15H14N2O3. The highest BCUT2D eigenvalue weighted by atomic mass is 16.5. The largest absolute Gasteiger partial charge is 0.469 e. The standard InChI is InChI=1S/C15H14N2O3/c1-20-15(19)12-7-14(18)17(9-12)13-6-10-4-2-3-5-11(10)8-16-13/h2-6,8,12H,7,9H2,1H3. The van der Waals surface area contributed by atoms with Gasteiger partial charge in [-0.25, -0.2) is 4.98 Å². The maximum absolute atomic E-state index is 12.0. The minimum atomic E-state index is -0.402. The van der Waals surface area contributed by atoms with Crippen LogP contribution in [0.4, 0.5) is 5.82 Å². The summed E-state index contributed by atoms with van der Waals surface area (Å²) in [6, 6.07) is 9.69. The molecule has 1 atom stereocenters. The number of anilines is 1. The number of hydrogen-bond acceptors (Lipinski definition) is 4. The van der Waals surface area contributed by atoms with E-state index >= 15 is 0 Å². The Kier molecular flexibility index (Phi) is 3.10. The fourth-order valence-electron chi connectivity index (χ4n) is 2.47. The first kappa shape index (κ1) is 12.6. The van der Waals surface area contributed by atoms with Gasteiger partial charge in [-0.05, 0) is 11.5 Å². The Morgan fingerprint density at radius 1 is 1.35 bits per heavy atom. The van der Waals surface area contributed by atoms with Crippen LogP contribution in [0.3, 0.4) is 0 Å². The quantitative estimate of drug-likeness (QED) is 0.780. The van der Waals surface area contributed by atoms with Crippen LogP contribution in [-0.4, -0.2) is 30.5 Å². The highest BCUT2D eigenvalue weighted by Gasteiger charge is 2.36. The lowest BCUT2D eigenvalue weighted by Gasteiger charge is -2.15. The molecule has 0 N–H and O–H groups in total. The molecule has 5 nitrogen and oxygen atoms in total. The Labute approximate surface area is 116 Å². The Balaban J connectivity index is 1.91. The zero-order valence-electron chi connectivity index (χ0n) is 11.1. The molecule has 1 aromatic carbocycles. The molecule has 5 heteroatoms. The average molecular weight is 270 g/mol. The zero-order valence-corrected chi connectivity index (χ0v) is 11.1. The van der Waals surface area contributed by atoms with Crippen molar-refractivity contribution < 1.29 is 14.3 Å². The monoisotopic (exact) mass is 270 g/mol. The van der Waals surface area contributed by atoms with Crippen molar-refractivity contribution in [2.24, 2.45) is 5.92 Å². The van der Waals surface area contributed by atoms with Crippen molar-refractivity contribution in [2.75, 3.05) is 18.6 Å². The van der Waals surface area contributed by atoms with E-state index in [0.717, 1.165) is 10.8 Å². The van der Waals surface area contributed by atoms with E-state index in [9.17, 15) is 9.59 Å². The molecule has 1 unspecified atom stereocenters. The van der Waals surface area contributed by atoms with E-state index in [4.69, 9.17) is 4.74 Å². The van der Waals surface area contributed by atoms with Crippen LogP contribution in [-0.2, 0) is 14.3 Å². The van der Waals surface area contributed by atoms with Crippen molar-refractivity contribution in [1.82, 2.24) is 4.98 Å². The van der Waals surface area contributed by atoms with E-state index < -0.39 is 5.92 Å². The first-order valence-electron chi connectivity index (χ1n) is 6.42. The number of amides is 1. The fourth-order valence-corrected chi connectivity index (χ4v) is 2.47. The van der Waals surface area contributed by atoms with Crippen molar-refractivity contribution in [3.8, 4) is 0 Å². The molecule has 1 aliphatic rings. The third-order valence-corrected chi connectivity index (χ3v) is 3.55. The van der Waals surface area contributed by atoms with Crippen molar-refractivity contribution >= 4 is 28.5 Å². The Hall–Kier alpha value is -2.43. The zero-order chi connectivity index (χ0) is 14.1. The van der Waals surface area contributed by atoms with Gasteiger partial charge in [0.05, 0.1) is 13.0 Å². The third kappa shape index (κ3) is 2.11. The van der Waals surface area contributed by atoms with Gasteiger partial charge in [0.25, 0.3) is 0 Å². The van der Waals surface area contributed by atoms with Gasteiger partial charge in [0, 0.05) is 24.5 Å². The summed E-state index contributed by atoms with van der Waals surface area (Å²) >= 11 is 0. The van der Waals surface area contributed by atoms with Crippen LogP contribution in [0.25, 0.3) is 10.8 Å². The van der Waals surface area contributed by atoms with Gasteiger partial charge in [-0.3, -0.25) is 14.5 Å². The Morgan fingerprint density at radius 3 is 2.85 bits per heavy atom. The lowest BCUT2D eigenvalue weighted by molar-refractivity contribution is -0.145. The van der Waals surface area contributed by atoms with Gasteiger partial charge >= 0.3 is 5.97 Å². The van der Waals surface area contributed by atoms with Gasteiger partial charge in [-0.15, -0.1) is 0 Å². The number of carbonyl (C=O) groups is 2. The number of methoxy groups -OCH3 is 1. The molecule has 3 rings (SSSR count). The fraction of sp³-hybridized carbons (Fsp3) is 0.267. The predicted molar refractivity (Wildman–Crippen MR) is 74.2 cm³/mol. The van der Waals surface area contributed by atoms with Crippen molar-refractivity contribution in [3.05, 3.63) is 36.5 Å². The molecule has 0 aliphatic carbocycles. The van der Waals surface area contributed by atoms with Crippen molar-refractivity contribution in [2.45, 2.75) is 6.42 Å². The Bertz CT molecular complexity index is 684. The second-order valence-electron chi connectivity index (χ2n) is 4.82. The normalized spacial score (nSPS) is 18.6. The third-order valence-electron chi connectivity index (χ3n) is 3.55. The number of nitrogens with zero attached hydrogens (tertiary/aromatic N) is 2. The topological polar surface area (TPSA) is 59.5 Å². The van der Waals surface area contributed by atoms with Crippen LogP contribution >= 0.6 is 0 Å². The second-order valence-corrected chi connectivity index (χ2v) is 4.82. The van der Waals surface area contributed by atoms with E-state index in [0.29, 0.717) is 12.4 Å². The van der Waals surface area contributed by atoms with Gasteiger partial charge < -0.3 is 4.74 Å². The number of ether oxygens (including phenoxy) is 1. The Morgan fingerprint density at radius 2 is 2.10 bits per heavy atom. The van der Waals surface area contributed by atoms with Crippen molar-refractivity contribution in [3.63, 3.8) is 0 Å². The van der Waals surface area contributed by atoms with Gasteiger partial charge in [-0.2, -0.15) is 0 Å². The summed E-state index contributed by atoms with van der Waals surface area (Å²) in [5.74, 6) is -0.259. The molecule has 102 valence electrons. The van der Waals surface area contributed by atoms with Crippen LogP contribution in [0, 0.1) is 5.92 Å².